The fourth-order valence-corrected chi connectivity index (χ4v) is 11.2. The lowest BCUT2D eigenvalue weighted by Gasteiger charge is -2.30. The second kappa shape index (κ2) is 10.0. The number of nitrogens with zero attached hydrogens (tertiary/aromatic N) is 4. The van der Waals surface area contributed by atoms with Crippen LogP contribution in [-0.2, 0) is 5.41 Å². The molecule has 10 aromatic rings. The lowest BCUT2D eigenvalue weighted by atomic mass is 9.70. The van der Waals surface area contributed by atoms with Crippen LogP contribution in [0.5, 0.6) is 0 Å². The molecule has 51 heavy (non-hydrogen) atoms. The quantitative estimate of drug-likeness (QED) is 0.182. The monoisotopic (exact) mass is 684 g/mol. The summed E-state index contributed by atoms with van der Waals surface area (Å²) in [6, 6.07) is 44.3. The molecule has 1 spiro atoms. The molecule has 0 fully saturated rings. The molecule has 0 radical (unpaired) electrons. The van der Waals surface area contributed by atoms with Crippen LogP contribution in [0.3, 0.4) is 0 Å². The molecule has 236 valence electrons. The fraction of sp³-hybridized carbons (Fsp3) is 0.0222. The van der Waals surface area contributed by atoms with Crippen molar-refractivity contribution < 1.29 is 0 Å². The maximum Gasteiger partial charge on any atom is 0.0937 e. The standard InChI is InChI=1S/C45H24N4S2/c1-3-11-37-31(7-1)39-43(50-37)27(17-21-48-39)25-13-15-29-30-16-14-26(28-18-22-49-40-32-8-2-4-12-38(32)51-44(28)40)24-36(30)45(35(29)23-25)33-9-5-19-46-41(33)42-34(45)10-6-20-47-42/h1-24H. The Kier molecular flexibility index (Phi) is 5.44. The van der Waals surface area contributed by atoms with E-state index in [1.165, 1.54) is 85.2 Å². The molecule has 0 saturated heterocycles. The Morgan fingerprint density at radius 3 is 1.39 bits per heavy atom. The van der Waals surface area contributed by atoms with Gasteiger partial charge in [-0.3, -0.25) is 19.9 Å². The molecule has 0 bridgehead atoms. The van der Waals surface area contributed by atoms with Crippen molar-refractivity contribution >= 4 is 63.3 Å². The van der Waals surface area contributed by atoms with E-state index in [9.17, 15) is 0 Å². The maximum absolute atomic E-state index is 4.98. The average molecular weight is 685 g/mol. The van der Waals surface area contributed by atoms with E-state index in [1.807, 2.05) is 47.5 Å². The number of fused-ring (bicyclic) bond motifs is 16. The highest BCUT2D eigenvalue weighted by molar-refractivity contribution is 7.26. The molecular formula is C45H24N4S2. The fourth-order valence-electron chi connectivity index (χ4n) is 8.84. The van der Waals surface area contributed by atoms with Gasteiger partial charge in [0.1, 0.15) is 0 Å². The van der Waals surface area contributed by atoms with Crippen molar-refractivity contribution in [2.45, 2.75) is 5.41 Å². The van der Waals surface area contributed by atoms with E-state index in [-0.39, 0.29) is 0 Å². The Balaban J connectivity index is 1.15. The first-order valence-corrected chi connectivity index (χ1v) is 18.7. The van der Waals surface area contributed by atoms with Crippen LogP contribution in [0.25, 0.3) is 85.4 Å². The van der Waals surface area contributed by atoms with E-state index in [4.69, 9.17) is 19.9 Å². The summed E-state index contributed by atoms with van der Waals surface area (Å²) in [5.41, 5.74) is 15.6. The summed E-state index contributed by atoms with van der Waals surface area (Å²) in [4.78, 5) is 19.7. The Labute approximate surface area is 300 Å². The molecule has 0 N–H and O–H groups in total. The Morgan fingerprint density at radius 1 is 0.392 bits per heavy atom. The van der Waals surface area contributed by atoms with E-state index in [1.54, 1.807) is 0 Å². The molecule has 6 heterocycles. The van der Waals surface area contributed by atoms with E-state index in [2.05, 4.69) is 121 Å². The number of hydrogen-bond acceptors (Lipinski definition) is 6. The average Bonchev–Trinajstić information content (AvgIpc) is 3.92. The van der Waals surface area contributed by atoms with E-state index >= 15 is 0 Å². The van der Waals surface area contributed by atoms with Crippen molar-refractivity contribution in [2.75, 3.05) is 0 Å². The van der Waals surface area contributed by atoms with Crippen LogP contribution in [0.15, 0.2) is 146 Å². The Hall–Kier alpha value is -6.08. The lowest BCUT2D eigenvalue weighted by molar-refractivity contribution is 0.790. The van der Waals surface area contributed by atoms with Crippen molar-refractivity contribution in [3.8, 4) is 44.8 Å². The highest BCUT2D eigenvalue weighted by atomic mass is 32.1. The minimum atomic E-state index is -0.581. The van der Waals surface area contributed by atoms with Gasteiger partial charge in [-0.15, -0.1) is 22.7 Å². The Morgan fingerprint density at radius 2 is 0.882 bits per heavy atom. The number of hydrogen-bond donors (Lipinski definition) is 0. The number of aromatic nitrogens is 4. The smallest absolute Gasteiger partial charge is 0.0937 e. The van der Waals surface area contributed by atoms with Crippen molar-refractivity contribution in [1.82, 2.24) is 19.9 Å². The van der Waals surface area contributed by atoms with Crippen LogP contribution in [-0.4, -0.2) is 19.9 Å². The van der Waals surface area contributed by atoms with Gasteiger partial charge in [0.25, 0.3) is 0 Å². The second-order valence-corrected chi connectivity index (χ2v) is 15.4. The molecule has 4 aromatic carbocycles. The number of pyridine rings is 4. The highest BCUT2D eigenvalue weighted by Crippen LogP contribution is 2.63. The van der Waals surface area contributed by atoms with Crippen LogP contribution in [0, 0.1) is 0 Å². The van der Waals surface area contributed by atoms with Gasteiger partial charge in [-0.1, -0.05) is 72.8 Å². The molecule has 12 rings (SSSR count). The van der Waals surface area contributed by atoms with Crippen molar-refractivity contribution in [1.29, 1.82) is 0 Å². The third-order valence-electron chi connectivity index (χ3n) is 10.9. The number of benzene rings is 4. The summed E-state index contributed by atoms with van der Waals surface area (Å²) < 4.78 is 4.94. The van der Waals surface area contributed by atoms with Gasteiger partial charge in [0.2, 0.25) is 0 Å². The van der Waals surface area contributed by atoms with Gasteiger partial charge in [0.05, 0.1) is 37.2 Å². The third-order valence-corrected chi connectivity index (χ3v) is 13.3. The molecule has 2 aliphatic carbocycles. The minimum Gasteiger partial charge on any atom is -0.255 e. The first-order chi connectivity index (χ1) is 25.3. The largest absolute Gasteiger partial charge is 0.255 e. The van der Waals surface area contributed by atoms with E-state index in [0.717, 1.165) is 22.4 Å². The zero-order valence-electron chi connectivity index (χ0n) is 27.0. The molecule has 0 atom stereocenters. The SMILES string of the molecule is c1cnc2c(c1)C1(c3cc(-c4ccnc5c4sc4ccccc45)ccc3-c3ccc(-c4ccnc5c4sc4ccccc45)cc31)c1cccnc1-2. The molecule has 0 amide bonds. The van der Waals surface area contributed by atoms with Gasteiger partial charge < -0.3 is 0 Å². The molecule has 2 aliphatic rings. The summed E-state index contributed by atoms with van der Waals surface area (Å²) in [6.45, 7) is 0. The van der Waals surface area contributed by atoms with Crippen molar-refractivity contribution in [3.05, 3.63) is 168 Å². The van der Waals surface area contributed by atoms with Crippen LogP contribution in [0.4, 0.5) is 0 Å². The summed E-state index contributed by atoms with van der Waals surface area (Å²) in [5.74, 6) is 0. The minimum absolute atomic E-state index is 0.581. The first kappa shape index (κ1) is 27.7. The molecule has 0 unspecified atom stereocenters. The van der Waals surface area contributed by atoms with Gasteiger partial charge in [0.15, 0.2) is 0 Å². The number of thiophene rings is 2. The van der Waals surface area contributed by atoms with E-state index < -0.39 is 5.41 Å². The van der Waals surface area contributed by atoms with Gasteiger partial charge in [-0.2, -0.15) is 0 Å². The van der Waals surface area contributed by atoms with Crippen LogP contribution >= 0.6 is 22.7 Å². The predicted octanol–water partition coefficient (Wildman–Crippen LogP) is 11.7. The van der Waals surface area contributed by atoms with Crippen molar-refractivity contribution in [2.24, 2.45) is 0 Å². The van der Waals surface area contributed by atoms with E-state index in [0.29, 0.717) is 0 Å². The third kappa shape index (κ3) is 3.53. The second-order valence-electron chi connectivity index (χ2n) is 13.3. The van der Waals surface area contributed by atoms with Gasteiger partial charge in [-0.05, 0) is 93.0 Å². The lowest BCUT2D eigenvalue weighted by Crippen LogP contribution is -2.26. The summed E-state index contributed by atoms with van der Waals surface area (Å²) >= 11 is 3.64. The zero-order chi connectivity index (χ0) is 33.3. The highest BCUT2D eigenvalue weighted by Gasteiger charge is 2.53. The molecule has 6 heteroatoms. The molecule has 0 aliphatic heterocycles. The Bertz CT molecular complexity index is 2910. The molecule has 0 saturated carbocycles. The number of rotatable bonds is 2. The molecule has 4 nitrogen and oxygen atoms in total. The van der Waals surface area contributed by atoms with Crippen LogP contribution < -0.4 is 0 Å². The van der Waals surface area contributed by atoms with Gasteiger partial charge in [-0.25, -0.2) is 0 Å². The van der Waals surface area contributed by atoms with Crippen LogP contribution in [0.2, 0.25) is 0 Å². The topological polar surface area (TPSA) is 51.6 Å². The van der Waals surface area contributed by atoms with Crippen molar-refractivity contribution in [3.63, 3.8) is 0 Å². The normalized spacial score (nSPS) is 13.6. The zero-order valence-corrected chi connectivity index (χ0v) is 28.6. The first-order valence-electron chi connectivity index (χ1n) is 17.0. The molecular weight excluding hydrogens is 661 g/mol. The summed E-state index contributed by atoms with van der Waals surface area (Å²) in [7, 11) is 0. The van der Waals surface area contributed by atoms with Crippen LogP contribution in [0.1, 0.15) is 22.3 Å². The molecule has 6 aromatic heterocycles. The predicted molar refractivity (Wildman–Crippen MR) is 211 cm³/mol. The van der Waals surface area contributed by atoms with Gasteiger partial charge >= 0.3 is 0 Å². The summed E-state index contributed by atoms with van der Waals surface area (Å²) in [5, 5.41) is 2.41. The maximum atomic E-state index is 4.98. The summed E-state index contributed by atoms with van der Waals surface area (Å²) in [6.07, 6.45) is 7.70. The van der Waals surface area contributed by atoms with Gasteiger partial charge in [0, 0.05) is 56.1 Å².